The number of aliphatic carboxylic acids is 1. The highest BCUT2D eigenvalue weighted by atomic mass is 79.9. The SMILES string of the molecule is CC(C(=O)NCC(C(=O)O)c1ccccc1)c1ccc(Br)s1. The third kappa shape index (κ3) is 4.18. The van der Waals surface area contributed by atoms with E-state index >= 15 is 0 Å². The van der Waals surface area contributed by atoms with Crippen molar-refractivity contribution < 1.29 is 14.7 Å². The molecule has 0 aliphatic rings. The Morgan fingerprint density at radius 1 is 1.23 bits per heavy atom. The monoisotopic (exact) mass is 381 g/mol. The minimum absolute atomic E-state index is 0.0784. The van der Waals surface area contributed by atoms with Gasteiger partial charge >= 0.3 is 5.97 Å². The molecule has 0 bridgehead atoms. The van der Waals surface area contributed by atoms with Crippen LogP contribution in [0.1, 0.15) is 29.2 Å². The van der Waals surface area contributed by atoms with Gasteiger partial charge in [0, 0.05) is 11.4 Å². The van der Waals surface area contributed by atoms with Crippen molar-refractivity contribution in [2.45, 2.75) is 18.8 Å². The summed E-state index contributed by atoms with van der Waals surface area (Å²) in [6.07, 6.45) is 0. The lowest BCUT2D eigenvalue weighted by atomic mass is 9.99. The number of carbonyl (C=O) groups excluding carboxylic acids is 1. The molecule has 4 nitrogen and oxygen atoms in total. The zero-order valence-corrected chi connectivity index (χ0v) is 14.4. The van der Waals surface area contributed by atoms with Crippen LogP contribution in [0.3, 0.4) is 0 Å². The average molecular weight is 382 g/mol. The molecule has 2 unspecified atom stereocenters. The van der Waals surface area contributed by atoms with Gasteiger partial charge in [-0.15, -0.1) is 11.3 Å². The van der Waals surface area contributed by atoms with Crippen LogP contribution in [0.4, 0.5) is 0 Å². The summed E-state index contributed by atoms with van der Waals surface area (Å²) in [7, 11) is 0. The van der Waals surface area contributed by atoms with Gasteiger partial charge in [0.1, 0.15) is 0 Å². The van der Waals surface area contributed by atoms with Crippen LogP contribution in [-0.4, -0.2) is 23.5 Å². The van der Waals surface area contributed by atoms with E-state index < -0.39 is 11.9 Å². The van der Waals surface area contributed by atoms with Crippen LogP contribution in [0.15, 0.2) is 46.3 Å². The molecule has 1 amide bonds. The van der Waals surface area contributed by atoms with Gasteiger partial charge < -0.3 is 10.4 Å². The molecule has 1 heterocycles. The molecule has 2 aromatic rings. The van der Waals surface area contributed by atoms with Crippen LogP contribution in [0.25, 0.3) is 0 Å². The number of hydrogen-bond acceptors (Lipinski definition) is 3. The first-order valence-electron chi connectivity index (χ1n) is 6.79. The summed E-state index contributed by atoms with van der Waals surface area (Å²) >= 11 is 4.87. The standard InChI is InChI=1S/C16H16BrNO3S/c1-10(13-7-8-14(17)22-13)15(19)18-9-12(16(20)21)11-5-3-2-4-6-11/h2-8,10,12H,9H2,1H3,(H,18,19)(H,20,21). The van der Waals surface area contributed by atoms with Gasteiger partial charge in [0.05, 0.1) is 15.6 Å². The number of thiophene rings is 1. The average Bonchev–Trinajstić information content (AvgIpc) is 2.93. The Labute approximate surface area is 141 Å². The highest BCUT2D eigenvalue weighted by Crippen LogP contribution is 2.28. The van der Waals surface area contributed by atoms with Crippen molar-refractivity contribution in [3.8, 4) is 0 Å². The van der Waals surface area contributed by atoms with Gasteiger partial charge in [-0.3, -0.25) is 9.59 Å². The lowest BCUT2D eigenvalue weighted by molar-refractivity contribution is -0.138. The predicted octanol–water partition coefficient (Wildman–Crippen LogP) is 3.60. The molecule has 2 rings (SSSR count). The summed E-state index contributed by atoms with van der Waals surface area (Å²) in [5, 5.41) is 12.1. The van der Waals surface area contributed by atoms with E-state index in [0.717, 1.165) is 8.66 Å². The summed E-state index contributed by atoms with van der Waals surface area (Å²) in [6, 6.07) is 12.7. The highest BCUT2D eigenvalue weighted by Gasteiger charge is 2.23. The van der Waals surface area contributed by atoms with E-state index in [0.29, 0.717) is 5.56 Å². The van der Waals surface area contributed by atoms with Gasteiger partial charge in [0.2, 0.25) is 5.91 Å². The number of halogens is 1. The van der Waals surface area contributed by atoms with Gasteiger partial charge in [0.15, 0.2) is 0 Å². The number of rotatable bonds is 6. The first-order valence-corrected chi connectivity index (χ1v) is 8.40. The summed E-state index contributed by atoms with van der Waals surface area (Å²) < 4.78 is 0.967. The quantitative estimate of drug-likeness (QED) is 0.802. The van der Waals surface area contributed by atoms with Crippen LogP contribution < -0.4 is 5.32 Å². The molecule has 116 valence electrons. The topological polar surface area (TPSA) is 66.4 Å². The van der Waals surface area contributed by atoms with Gasteiger partial charge in [-0.05, 0) is 40.5 Å². The third-order valence-electron chi connectivity index (χ3n) is 3.39. The molecule has 6 heteroatoms. The Balaban J connectivity index is 2.00. The molecule has 22 heavy (non-hydrogen) atoms. The Morgan fingerprint density at radius 2 is 1.91 bits per heavy atom. The Kier molecular flexibility index (Phi) is 5.74. The lowest BCUT2D eigenvalue weighted by Crippen LogP contribution is -2.34. The molecule has 0 fully saturated rings. The largest absolute Gasteiger partial charge is 0.481 e. The molecule has 0 saturated heterocycles. The predicted molar refractivity (Wildman–Crippen MR) is 90.3 cm³/mol. The fraction of sp³-hybridized carbons (Fsp3) is 0.250. The molecule has 0 aliphatic carbocycles. The first kappa shape index (κ1) is 16.7. The first-order chi connectivity index (χ1) is 10.5. The van der Waals surface area contributed by atoms with Crippen molar-refractivity contribution in [3.05, 3.63) is 56.7 Å². The second-order valence-corrected chi connectivity index (χ2v) is 7.40. The van der Waals surface area contributed by atoms with Crippen molar-refractivity contribution >= 4 is 39.1 Å². The molecule has 0 radical (unpaired) electrons. The van der Waals surface area contributed by atoms with Gasteiger partial charge in [-0.2, -0.15) is 0 Å². The van der Waals surface area contributed by atoms with Crippen molar-refractivity contribution in [3.63, 3.8) is 0 Å². The van der Waals surface area contributed by atoms with E-state index in [-0.39, 0.29) is 18.4 Å². The fourth-order valence-corrected chi connectivity index (χ4v) is 3.55. The van der Waals surface area contributed by atoms with Crippen molar-refractivity contribution in [2.24, 2.45) is 0 Å². The molecule has 0 aliphatic heterocycles. The maximum absolute atomic E-state index is 12.2. The highest BCUT2D eigenvalue weighted by molar-refractivity contribution is 9.11. The number of carbonyl (C=O) groups is 2. The molecule has 2 atom stereocenters. The van der Waals surface area contributed by atoms with Crippen molar-refractivity contribution in [1.82, 2.24) is 5.32 Å². The van der Waals surface area contributed by atoms with Crippen LogP contribution in [-0.2, 0) is 9.59 Å². The van der Waals surface area contributed by atoms with E-state index in [2.05, 4.69) is 21.2 Å². The summed E-state index contributed by atoms with van der Waals surface area (Å²) in [4.78, 5) is 24.5. The Bertz CT molecular complexity index is 656. The molecular formula is C16H16BrNO3S. The zero-order chi connectivity index (χ0) is 16.1. The molecular weight excluding hydrogens is 366 g/mol. The Hall–Kier alpha value is -1.66. The maximum Gasteiger partial charge on any atom is 0.312 e. The second kappa shape index (κ2) is 7.56. The molecule has 1 aromatic heterocycles. The zero-order valence-electron chi connectivity index (χ0n) is 12.0. The second-order valence-electron chi connectivity index (χ2n) is 4.91. The molecule has 0 saturated carbocycles. The molecule has 2 N–H and O–H groups in total. The van der Waals surface area contributed by atoms with Crippen molar-refractivity contribution in [2.75, 3.05) is 6.54 Å². The van der Waals surface area contributed by atoms with Gasteiger partial charge in [-0.1, -0.05) is 30.3 Å². The number of benzene rings is 1. The van der Waals surface area contributed by atoms with Gasteiger partial charge in [0.25, 0.3) is 0 Å². The van der Waals surface area contributed by atoms with E-state index in [1.165, 1.54) is 11.3 Å². The van der Waals surface area contributed by atoms with E-state index in [4.69, 9.17) is 0 Å². The minimum Gasteiger partial charge on any atom is -0.481 e. The number of amides is 1. The summed E-state index contributed by atoms with van der Waals surface area (Å²) in [5.74, 6) is -2.16. The number of hydrogen-bond donors (Lipinski definition) is 2. The minimum atomic E-state index is -0.946. The van der Waals surface area contributed by atoms with E-state index in [9.17, 15) is 14.7 Å². The summed E-state index contributed by atoms with van der Waals surface area (Å²) in [6.45, 7) is 1.89. The number of carboxylic acids is 1. The molecule has 1 aromatic carbocycles. The number of nitrogens with one attached hydrogen (secondary N) is 1. The smallest absolute Gasteiger partial charge is 0.312 e. The molecule has 0 spiro atoms. The normalized spacial score (nSPS) is 13.4. The Morgan fingerprint density at radius 3 is 2.45 bits per heavy atom. The third-order valence-corrected chi connectivity index (χ3v) is 5.20. The summed E-state index contributed by atoms with van der Waals surface area (Å²) in [5.41, 5.74) is 0.682. The lowest BCUT2D eigenvalue weighted by Gasteiger charge is -2.16. The van der Waals surface area contributed by atoms with Crippen LogP contribution in [0, 0.1) is 0 Å². The fourth-order valence-electron chi connectivity index (χ4n) is 2.08. The van der Waals surface area contributed by atoms with Gasteiger partial charge in [-0.25, -0.2) is 0 Å². The number of carboxylic acid groups (broad SMARTS) is 1. The van der Waals surface area contributed by atoms with Crippen molar-refractivity contribution in [1.29, 1.82) is 0 Å². The maximum atomic E-state index is 12.2. The van der Waals surface area contributed by atoms with Crippen LogP contribution in [0.2, 0.25) is 0 Å². The van der Waals surface area contributed by atoms with Crippen LogP contribution >= 0.6 is 27.3 Å². The van der Waals surface area contributed by atoms with Crippen LogP contribution in [0.5, 0.6) is 0 Å². The van der Waals surface area contributed by atoms with E-state index in [1.807, 2.05) is 25.1 Å². The van der Waals surface area contributed by atoms with E-state index in [1.54, 1.807) is 24.3 Å².